The van der Waals surface area contributed by atoms with E-state index in [9.17, 15) is 0 Å². The molecule has 0 spiro atoms. The van der Waals surface area contributed by atoms with Crippen molar-refractivity contribution < 1.29 is 0 Å². The number of nitrogens with zero attached hydrogens (tertiary/aromatic N) is 3. The van der Waals surface area contributed by atoms with Crippen LogP contribution in [0.15, 0.2) is 24.4 Å². The predicted molar refractivity (Wildman–Crippen MR) is 74.5 cm³/mol. The molecule has 0 radical (unpaired) electrons. The van der Waals surface area contributed by atoms with Gasteiger partial charge in [-0.05, 0) is 39.2 Å². The maximum Gasteiger partial charge on any atom is 0.0541 e. The van der Waals surface area contributed by atoms with Crippen LogP contribution in [0, 0.1) is 0 Å². The Morgan fingerprint density at radius 3 is 3.00 bits per heavy atom. The van der Waals surface area contributed by atoms with Crippen molar-refractivity contribution in [3.8, 4) is 0 Å². The Morgan fingerprint density at radius 2 is 2.33 bits per heavy atom. The Balaban J connectivity index is 1.59. The first kappa shape index (κ1) is 13.5. The van der Waals surface area contributed by atoms with E-state index in [1.165, 1.54) is 19.5 Å². The molecule has 1 aromatic rings. The fourth-order valence-corrected chi connectivity index (χ4v) is 2.39. The van der Waals surface area contributed by atoms with E-state index in [1.54, 1.807) is 0 Å². The number of pyridine rings is 1. The highest BCUT2D eigenvalue weighted by Crippen LogP contribution is 2.11. The third kappa shape index (κ3) is 4.05. The van der Waals surface area contributed by atoms with Gasteiger partial charge in [-0.15, -0.1) is 0 Å². The van der Waals surface area contributed by atoms with Crippen molar-refractivity contribution in [3.63, 3.8) is 0 Å². The molecular weight excluding hydrogens is 224 g/mol. The molecule has 4 heteroatoms. The lowest BCUT2D eigenvalue weighted by molar-refractivity contribution is 0.268. The molecular formula is C14H24N4. The molecule has 0 aromatic carbocycles. The third-order valence-electron chi connectivity index (χ3n) is 3.61. The van der Waals surface area contributed by atoms with E-state index in [-0.39, 0.29) is 0 Å². The van der Waals surface area contributed by atoms with Gasteiger partial charge in [0, 0.05) is 38.4 Å². The van der Waals surface area contributed by atoms with E-state index < -0.39 is 0 Å². The smallest absolute Gasteiger partial charge is 0.0541 e. The summed E-state index contributed by atoms with van der Waals surface area (Å²) >= 11 is 0. The first-order valence-corrected chi connectivity index (χ1v) is 6.75. The Labute approximate surface area is 110 Å². The summed E-state index contributed by atoms with van der Waals surface area (Å²) in [6.45, 7) is 5.48. The molecule has 100 valence electrons. The zero-order valence-corrected chi connectivity index (χ0v) is 11.5. The van der Waals surface area contributed by atoms with Crippen molar-refractivity contribution in [1.29, 1.82) is 0 Å². The third-order valence-corrected chi connectivity index (χ3v) is 3.61. The molecule has 4 nitrogen and oxygen atoms in total. The standard InChI is InChI=1S/C14H24N4/c1-17(2)14-6-9-18(12-14)10-8-15-11-13-5-3-4-7-16-13/h3-5,7,14-15H,6,8-12H2,1-2H3. The zero-order chi connectivity index (χ0) is 12.8. The molecule has 1 saturated heterocycles. The molecule has 1 fully saturated rings. The van der Waals surface area contributed by atoms with Gasteiger partial charge < -0.3 is 15.1 Å². The van der Waals surface area contributed by atoms with Gasteiger partial charge in [0.2, 0.25) is 0 Å². The molecule has 1 unspecified atom stereocenters. The lowest BCUT2D eigenvalue weighted by Gasteiger charge is -2.20. The van der Waals surface area contributed by atoms with E-state index in [2.05, 4.69) is 40.3 Å². The first-order valence-electron chi connectivity index (χ1n) is 6.75. The van der Waals surface area contributed by atoms with Crippen LogP contribution in [0.4, 0.5) is 0 Å². The summed E-state index contributed by atoms with van der Waals surface area (Å²) in [5.74, 6) is 0. The Kier molecular flexibility index (Phi) is 5.11. The Morgan fingerprint density at radius 1 is 1.44 bits per heavy atom. The average molecular weight is 248 g/mol. The zero-order valence-electron chi connectivity index (χ0n) is 11.5. The lowest BCUT2D eigenvalue weighted by Crippen LogP contribution is -2.34. The van der Waals surface area contributed by atoms with Gasteiger partial charge in [-0.2, -0.15) is 0 Å². The molecule has 0 aliphatic carbocycles. The second-order valence-electron chi connectivity index (χ2n) is 5.20. The van der Waals surface area contributed by atoms with Crippen molar-refractivity contribution >= 4 is 0 Å². The fourth-order valence-electron chi connectivity index (χ4n) is 2.39. The molecule has 18 heavy (non-hydrogen) atoms. The van der Waals surface area contributed by atoms with Crippen molar-refractivity contribution in [2.24, 2.45) is 0 Å². The highest BCUT2D eigenvalue weighted by atomic mass is 15.2. The second kappa shape index (κ2) is 6.83. The maximum absolute atomic E-state index is 4.30. The van der Waals surface area contributed by atoms with Crippen LogP contribution in [0.3, 0.4) is 0 Å². The van der Waals surface area contributed by atoms with Crippen LogP contribution in [0.2, 0.25) is 0 Å². The van der Waals surface area contributed by atoms with Gasteiger partial charge in [-0.3, -0.25) is 4.98 Å². The summed E-state index contributed by atoms with van der Waals surface area (Å²) in [5.41, 5.74) is 1.12. The van der Waals surface area contributed by atoms with Crippen LogP contribution in [-0.2, 0) is 6.54 Å². The van der Waals surface area contributed by atoms with Gasteiger partial charge in [0.1, 0.15) is 0 Å². The van der Waals surface area contributed by atoms with E-state index in [0.717, 1.165) is 31.4 Å². The summed E-state index contributed by atoms with van der Waals surface area (Å²) in [7, 11) is 4.35. The van der Waals surface area contributed by atoms with Crippen LogP contribution in [0.1, 0.15) is 12.1 Å². The van der Waals surface area contributed by atoms with E-state index in [0.29, 0.717) is 0 Å². The average Bonchev–Trinajstić information content (AvgIpc) is 2.85. The van der Waals surface area contributed by atoms with Gasteiger partial charge in [-0.25, -0.2) is 0 Å². The van der Waals surface area contributed by atoms with Crippen molar-refractivity contribution in [2.45, 2.75) is 19.0 Å². The van der Waals surface area contributed by atoms with Crippen molar-refractivity contribution in [2.75, 3.05) is 40.3 Å². The number of aromatic nitrogens is 1. The fraction of sp³-hybridized carbons (Fsp3) is 0.643. The van der Waals surface area contributed by atoms with E-state index in [1.807, 2.05) is 18.3 Å². The van der Waals surface area contributed by atoms with E-state index >= 15 is 0 Å². The Bertz CT molecular complexity index is 339. The molecule has 1 aromatic heterocycles. The van der Waals surface area contributed by atoms with Gasteiger partial charge >= 0.3 is 0 Å². The molecule has 0 amide bonds. The number of hydrogen-bond donors (Lipinski definition) is 1. The van der Waals surface area contributed by atoms with Gasteiger partial charge in [0.15, 0.2) is 0 Å². The highest BCUT2D eigenvalue weighted by Gasteiger charge is 2.22. The van der Waals surface area contributed by atoms with Crippen LogP contribution in [0.25, 0.3) is 0 Å². The number of likely N-dealkylation sites (tertiary alicyclic amines) is 1. The minimum atomic E-state index is 0.737. The summed E-state index contributed by atoms with van der Waals surface area (Å²) in [6, 6.07) is 6.78. The topological polar surface area (TPSA) is 31.4 Å². The number of rotatable bonds is 6. The second-order valence-corrected chi connectivity index (χ2v) is 5.20. The van der Waals surface area contributed by atoms with E-state index in [4.69, 9.17) is 0 Å². The SMILES string of the molecule is CN(C)C1CCN(CCNCc2ccccn2)C1. The molecule has 0 bridgehead atoms. The maximum atomic E-state index is 4.30. The number of nitrogens with one attached hydrogen (secondary N) is 1. The highest BCUT2D eigenvalue weighted by molar-refractivity contribution is 5.02. The van der Waals surface area contributed by atoms with Crippen LogP contribution in [-0.4, -0.2) is 61.1 Å². The monoisotopic (exact) mass is 248 g/mol. The first-order chi connectivity index (χ1) is 8.75. The van der Waals surface area contributed by atoms with Crippen LogP contribution >= 0.6 is 0 Å². The molecule has 2 rings (SSSR count). The van der Waals surface area contributed by atoms with Gasteiger partial charge in [0.25, 0.3) is 0 Å². The molecule has 1 N–H and O–H groups in total. The van der Waals surface area contributed by atoms with Gasteiger partial charge in [0.05, 0.1) is 5.69 Å². The lowest BCUT2D eigenvalue weighted by atomic mass is 10.2. The summed E-state index contributed by atoms with van der Waals surface area (Å²) < 4.78 is 0. The number of hydrogen-bond acceptors (Lipinski definition) is 4. The molecule has 2 heterocycles. The minimum absolute atomic E-state index is 0.737. The molecule has 1 atom stereocenters. The molecule has 0 saturated carbocycles. The minimum Gasteiger partial charge on any atom is -0.310 e. The van der Waals surface area contributed by atoms with Crippen molar-refractivity contribution in [3.05, 3.63) is 30.1 Å². The van der Waals surface area contributed by atoms with Gasteiger partial charge in [-0.1, -0.05) is 6.07 Å². The summed E-state index contributed by atoms with van der Waals surface area (Å²) in [5, 5.41) is 3.45. The summed E-state index contributed by atoms with van der Waals surface area (Å²) in [4.78, 5) is 9.17. The van der Waals surface area contributed by atoms with Crippen LogP contribution < -0.4 is 5.32 Å². The largest absolute Gasteiger partial charge is 0.310 e. The van der Waals surface area contributed by atoms with Crippen LogP contribution in [0.5, 0.6) is 0 Å². The number of likely N-dealkylation sites (N-methyl/N-ethyl adjacent to an activating group) is 1. The summed E-state index contributed by atoms with van der Waals surface area (Å²) in [6.07, 6.45) is 3.15. The molecule has 1 aliphatic rings. The predicted octanol–water partition coefficient (Wildman–Crippen LogP) is 0.807. The quantitative estimate of drug-likeness (QED) is 0.755. The normalized spacial score (nSPS) is 20.7. The Hall–Kier alpha value is -0.970. The molecule has 1 aliphatic heterocycles. The van der Waals surface area contributed by atoms with Crippen molar-refractivity contribution in [1.82, 2.24) is 20.1 Å².